The van der Waals surface area contributed by atoms with Crippen molar-refractivity contribution in [1.82, 2.24) is 19.5 Å². The summed E-state index contributed by atoms with van der Waals surface area (Å²) < 4.78 is 13.0. The predicted molar refractivity (Wildman–Crippen MR) is 101 cm³/mol. The Kier molecular flexibility index (Phi) is 3.91. The van der Waals surface area contributed by atoms with Crippen LogP contribution >= 0.6 is 11.6 Å². The van der Waals surface area contributed by atoms with E-state index in [2.05, 4.69) is 15.0 Å². The topological polar surface area (TPSA) is 83.0 Å². The van der Waals surface area contributed by atoms with Crippen LogP contribution in [0.4, 0.5) is 0 Å². The lowest BCUT2D eigenvalue weighted by Crippen LogP contribution is -2.17. The molecule has 1 aromatic carbocycles. The van der Waals surface area contributed by atoms with Gasteiger partial charge in [-0.25, -0.2) is 14.8 Å². The van der Waals surface area contributed by atoms with Crippen LogP contribution in [-0.2, 0) is 4.74 Å². The van der Waals surface area contributed by atoms with E-state index in [0.29, 0.717) is 22.4 Å². The molecule has 1 atom stereocenters. The van der Waals surface area contributed by atoms with Gasteiger partial charge in [-0.2, -0.15) is 4.98 Å². The van der Waals surface area contributed by atoms with Crippen molar-refractivity contribution in [3.05, 3.63) is 52.4 Å². The number of rotatable bonds is 2. The molecule has 4 aromatic rings. The number of aromatic nitrogens is 4. The Morgan fingerprint density at radius 3 is 2.93 bits per heavy atom. The van der Waals surface area contributed by atoms with Crippen molar-refractivity contribution < 1.29 is 9.15 Å². The maximum absolute atomic E-state index is 11.4. The molecular formula is C19H15ClN4O3. The molecule has 0 amide bonds. The summed E-state index contributed by atoms with van der Waals surface area (Å²) in [6.45, 7) is 0.728. The third-order valence-corrected chi connectivity index (χ3v) is 4.92. The van der Waals surface area contributed by atoms with Crippen molar-refractivity contribution in [3.8, 4) is 11.3 Å². The minimum Gasteiger partial charge on any atom is -0.423 e. The number of fused-ring (bicyclic) bond motifs is 2. The van der Waals surface area contributed by atoms with Crippen LogP contribution in [0.15, 0.2) is 45.9 Å². The fourth-order valence-electron chi connectivity index (χ4n) is 3.46. The van der Waals surface area contributed by atoms with Crippen LogP contribution in [-0.4, -0.2) is 26.1 Å². The van der Waals surface area contributed by atoms with Crippen LogP contribution in [0.5, 0.6) is 0 Å². The molecule has 0 saturated carbocycles. The van der Waals surface area contributed by atoms with Gasteiger partial charge in [-0.3, -0.25) is 4.57 Å². The average Bonchev–Trinajstić information content (AvgIpc) is 3.11. The summed E-state index contributed by atoms with van der Waals surface area (Å²) in [6, 6.07) is 8.59. The van der Waals surface area contributed by atoms with E-state index in [1.54, 1.807) is 18.5 Å². The number of halogens is 1. The molecule has 4 heterocycles. The van der Waals surface area contributed by atoms with E-state index >= 15 is 0 Å². The Bertz CT molecular complexity index is 1210. The van der Waals surface area contributed by atoms with Crippen LogP contribution in [0.25, 0.3) is 33.4 Å². The monoisotopic (exact) mass is 382 g/mol. The molecule has 3 aromatic heterocycles. The highest BCUT2D eigenvalue weighted by Gasteiger charge is 2.21. The Morgan fingerprint density at radius 2 is 2.07 bits per heavy atom. The Morgan fingerprint density at radius 1 is 1.15 bits per heavy atom. The van der Waals surface area contributed by atoms with Gasteiger partial charge in [-0.15, -0.1) is 0 Å². The molecule has 136 valence electrons. The molecule has 0 spiro atoms. The van der Waals surface area contributed by atoms with Crippen molar-refractivity contribution in [2.75, 3.05) is 6.61 Å². The predicted octanol–water partition coefficient (Wildman–Crippen LogP) is 3.95. The number of imidazole rings is 1. The van der Waals surface area contributed by atoms with E-state index in [1.807, 2.05) is 16.7 Å². The summed E-state index contributed by atoms with van der Waals surface area (Å²) in [4.78, 5) is 24.7. The zero-order chi connectivity index (χ0) is 18.4. The first-order valence-corrected chi connectivity index (χ1v) is 9.13. The van der Waals surface area contributed by atoms with Crippen molar-refractivity contribution in [2.24, 2.45) is 0 Å². The molecule has 8 heteroatoms. The molecule has 27 heavy (non-hydrogen) atoms. The SMILES string of the molecule is O=c1ccc2cc(-c3nc(Cl)nc4c3ncn4C3CCCCO3)ccc2o1. The lowest BCUT2D eigenvalue weighted by Gasteiger charge is -2.23. The molecule has 1 aliphatic heterocycles. The van der Waals surface area contributed by atoms with Crippen LogP contribution < -0.4 is 5.63 Å². The Labute approximate surface area is 158 Å². The first kappa shape index (κ1) is 16.4. The Balaban J connectivity index is 1.68. The second-order valence-corrected chi connectivity index (χ2v) is 6.83. The number of nitrogens with zero attached hydrogens (tertiary/aromatic N) is 4. The number of ether oxygens (including phenoxy) is 1. The van der Waals surface area contributed by atoms with Crippen molar-refractivity contribution in [3.63, 3.8) is 0 Å². The van der Waals surface area contributed by atoms with Crippen LogP contribution in [0.2, 0.25) is 5.28 Å². The zero-order valence-corrected chi connectivity index (χ0v) is 15.0. The van der Waals surface area contributed by atoms with E-state index in [9.17, 15) is 4.79 Å². The van der Waals surface area contributed by atoms with Crippen molar-refractivity contribution in [2.45, 2.75) is 25.5 Å². The standard InChI is InChI=1S/C19H15ClN4O3/c20-19-22-16(12-4-6-13-11(9-12)5-7-15(25)27-13)17-18(23-19)24(10-21-17)14-3-1-2-8-26-14/h4-7,9-10,14H,1-3,8H2. The maximum atomic E-state index is 11.4. The van der Waals surface area contributed by atoms with E-state index in [0.717, 1.165) is 36.8 Å². The van der Waals surface area contributed by atoms with E-state index in [1.165, 1.54) is 6.07 Å². The van der Waals surface area contributed by atoms with Gasteiger partial charge >= 0.3 is 5.63 Å². The summed E-state index contributed by atoms with van der Waals surface area (Å²) >= 11 is 6.22. The average molecular weight is 383 g/mol. The summed E-state index contributed by atoms with van der Waals surface area (Å²) in [6.07, 6.45) is 4.73. The van der Waals surface area contributed by atoms with Gasteiger partial charge in [-0.05, 0) is 55.1 Å². The van der Waals surface area contributed by atoms with Gasteiger partial charge in [0.2, 0.25) is 5.28 Å². The second-order valence-electron chi connectivity index (χ2n) is 6.49. The van der Waals surface area contributed by atoms with E-state index in [-0.39, 0.29) is 17.1 Å². The second kappa shape index (κ2) is 6.44. The number of benzene rings is 1. The molecule has 0 N–H and O–H groups in total. The normalized spacial score (nSPS) is 17.6. The lowest BCUT2D eigenvalue weighted by molar-refractivity contribution is -0.0298. The first-order chi connectivity index (χ1) is 13.2. The highest BCUT2D eigenvalue weighted by molar-refractivity contribution is 6.28. The third-order valence-electron chi connectivity index (χ3n) is 4.75. The smallest absolute Gasteiger partial charge is 0.336 e. The number of hydrogen-bond donors (Lipinski definition) is 0. The van der Waals surface area contributed by atoms with Gasteiger partial charge in [0.1, 0.15) is 23.0 Å². The molecule has 1 fully saturated rings. The fourth-order valence-corrected chi connectivity index (χ4v) is 3.63. The summed E-state index contributed by atoms with van der Waals surface area (Å²) in [5, 5.41) is 0.944. The van der Waals surface area contributed by atoms with Gasteiger partial charge in [0.05, 0.1) is 6.33 Å². The molecule has 5 rings (SSSR count). The molecular weight excluding hydrogens is 368 g/mol. The molecule has 7 nitrogen and oxygen atoms in total. The zero-order valence-electron chi connectivity index (χ0n) is 14.3. The summed E-state index contributed by atoms with van der Waals surface area (Å²) in [7, 11) is 0. The number of hydrogen-bond acceptors (Lipinski definition) is 6. The van der Waals surface area contributed by atoms with E-state index in [4.69, 9.17) is 20.8 Å². The van der Waals surface area contributed by atoms with Gasteiger partial charge in [-0.1, -0.05) is 0 Å². The fraction of sp³-hybridized carbons (Fsp3) is 0.263. The lowest BCUT2D eigenvalue weighted by atomic mass is 10.1. The van der Waals surface area contributed by atoms with Crippen LogP contribution in [0.1, 0.15) is 25.5 Å². The minimum absolute atomic E-state index is 0.0894. The summed E-state index contributed by atoms with van der Waals surface area (Å²) in [5.41, 5.74) is 2.90. The van der Waals surface area contributed by atoms with Crippen molar-refractivity contribution in [1.29, 1.82) is 0 Å². The third kappa shape index (κ3) is 2.89. The molecule has 0 aliphatic carbocycles. The highest BCUT2D eigenvalue weighted by atomic mass is 35.5. The van der Waals surface area contributed by atoms with Crippen LogP contribution in [0, 0.1) is 0 Å². The first-order valence-electron chi connectivity index (χ1n) is 8.75. The van der Waals surface area contributed by atoms with Crippen LogP contribution in [0.3, 0.4) is 0 Å². The summed E-state index contributed by atoms with van der Waals surface area (Å²) in [5.74, 6) is 0. The van der Waals surface area contributed by atoms with Gasteiger partial charge in [0.25, 0.3) is 0 Å². The van der Waals surface area contributed by atoms with Gasteiger partial charge in [0, 0.05) is 23.6 Å². The molecule has 1 aliphatic rings. The van der Waals surface area contributed by atoms with Crippen molar-refractivity contribution >= 4 is 33.7 Å². The maximum Gasteiger partial charge on any atom is 0.336 e. The molecule has 0 radical (unpaired) electrons. The largest absolute Gasteiger partial charge is 0.423 e. The van der Waals surface area contributed by atoms with Gasteiger partial charge in [0.15, 0.2) is 5.65 Å². The highest BCUT2D eigenvalue weighted by Crippen LogP contribution is 2.31. The Hall–Kier alpha value is -2.77. The quantitative estimate of drug-likeness (QED) is 0.385. The molecule has 1 unspecified atom stereocenters. The molecule has 1 saturated heterocycles. The van der Waals surface area contributed by atoms with E-state index < -0.39 is 0 Å². The minimum atomic E-state index is -0.381. The molecule has 0 bridgehead atoms. The van der Waals surface area contributed by atoms with Gasteiger partial charge < -0.3 is 9.15 Å².